The van der Waals surface area contributed by atoms with Gasteiger partial charge in [-0.05, 0) is 31.2 Å². The predicted molar refractivity (Wildman–Crippen MR) is 127 cm³/mol. The summed E-state index contributed by atoms with van der Waals surface area (Å²) in [6.07, 6.45) is 8.80. The lowest BCUT2D eigenvalue weighted by atomic mass is 10.1. The number of guanidine groups is 1. The van der Waals surface area contributed by atoms with Gasteiger partial charge in [0.25, 0.3) is 0 Å². The number of hydrogen-bond donors (Lipinski definition) is 2. The molecule has 180 valence electrons. The molecular formula is C23H41N7O2. The van der Waals surface area contributed by atoms with Crippen molar-refractivity contribution in [2.75, 3.05) is 46.3 Å². The Labute approximate surface area is 192 Å². The van der Waals surface area contributed by atoms with Crippen molar-refractivity contribution < 1.29 is 9.59 Å². The van der Waals surface area contributed by atoms with Gasteiger partial charge in [-0.1, -0.05) is 20.3 Å². The standard InChI is InChI=1S/C23H41N7O2/c1-20(2)19-22(32)29-17-15-28(16-18-29)21(31)9-5-4-6-10-25-23(24-3)26-11-7-13-30-14-8-12-27-30/h8,12,14,20H,4-7,9-11,13,15-19H2,1-3H3,(H2,24,25,26). The number of piperazine rings is 1. The molecule has 1 fully saturated rings. The molecule has 9 nitrogen and oxygen atoms in total. The van der Waals surface area contributed by atoms with Crippen LogP contribution in [0.3, 0.4) is 0 Å². The summed E-state index contributed by atoms with van der Waals surface area (Å²) in [6.45, 7) is 9.32. The highest BCUT2D eigenvalue weighted by molar-refractivity contribution is 5.79. The fraction of sp³-hybridized carbons (Fsp3) is 0.739. The first kappa shape index (κ1) is 25.7. The Kier molecular flexibility index (Phi) is 11.6. The average Bonchev–Trinajstić information content (AvgIpc) is 3.30. The van der Waals surface area contributed by atoms with Crippen LogP contribution in [0.1, 0.15) is 52.4 Å². The number of rotatable bonds is 12. The van der Waals surface area contributed by atoms with Crippen molar-refractivity contribution in [3.8, 4) is 0 Å². The number of aliphatic imine (C=N–C) groups is 1. The van der Waals surface area contributed by atoms with E-state index in [-0.39, 0.29) is 11.8 Å². The number of amides is 2. The first-order valence-corrected chi connectivity index (χ1v) is 12.0. The largest absolute Gasteiger partial charge is 0.356 e. The van der Waals surface area contributed by atoms with Crippen LogP contribution in [0, 0.1) is 5.92 Å². The lowest BCUT2D eigenvalue weighted by Crippen LogP contribution is -2.50. The number of carbonyl (C=O) groups is 2. The molecule has 2 amide bonds. The molecule has 0 aliphatic carbocycles. The molecule has 0 saturated carbocycles. The van der Waals surface area contributed by atoms with Crippen molar-refractivity contribution in [1.29, 1.82) is 0 Å². The zero-order chi connectivity index (χ0) is 23.2. The predicted octanol–water partition coefficient (Wildman–Crippen LogP) is 1.72. The van der Waals surface area contributed by atoms with Crippen LogP contribution in [0.2, 0.25) is 0 Å². The molecule has 1 aromatic rings. The molecule has 0 atom stereocenters. The van der Waals surface area contributed by atoms with Crippen LogP contribution >= 0.6 is 0 Å². The molecular weight excluding hydrogens is 406 g/mol. The molecule has 0 bridgehead atoms. The van der Waals surface area contributed by atoms with Crippen molar-refractivity contribution in [2.45, 2.75) is 58.9 Å². The third kappa shape index (κ3) is 9.70. The molecule has 0 spiro atoms. The summed E-state index contributed by atoms with van der Waals surface area (Å²) in [5.74, 6) is 1.61. The van der Waals surface area contributed by atoms with Crippen molar-refractivity contribution in [3.63, 3.8) is 0 Å². The van der Waals surface area contributed by atoms with Crippen LogP contribution in [-0.2, 0) is 16.1 Å². The Morgan fingerprint density at radius 3 is 2.22 bits per heavy atom. The van der Waals surface area contributed by atoms with E-state index in [2.05, 4.69) is 34.6 Å². The van der Waals surface area contributed by atoms with Crippen molar-refractivity contribution in [1.82, 2.24) is 30.2 Å². The number of nitrogens with zero attached hydrogens (tertiary/aromatic N) is 5. The first-order chi connectivity index (χ1) is 15.5. The van der Waals surface area contributed by atoms with E-state index < -0.39 is 0 Å². The Balaban J connectivity index is 1.48. The third-order valence-corrected chi connectivity index (χ3v) is 5.57. The highest BCUT2D eigenvalue weighted by Crippen LogP contribution is 2.10. The Hall–Kier alpha value is -2.58. The normalized spacial score (nSPS) is 14.7. The molecule has 9 heteroatoms. The number of aryl methyl sites for hydroxylation is 1. The summed E-state index contributed by atoms with van der Waals surface area (Å²) in [5, 5.41) is 10.8. The van der Waals surface area contributed by atoms with E-state index >= 15 is 0 Å². The lowest BCUT2D eigenvalue weighted by Gasteiger charge is -2.35. The smallest absolute Gasteiger partial charge is 0.222 e. The van der Waals surface area contributed by atoms with Crippen molar-refractivity contribution >= 4 is 17.8 Å². The van der Waals surface area contributed by atoms with Crippen LogP contribution in [-0.4, -0.2) is 83.7 Å². The van der Waals surface area contributed by atoms with Gasteiger partial charge >= 0.3 is 0 Å². The summed E-state index contributed by atoms with van der Waals surface area (Å²) < 4.78 is 1.92. The van der Waals surface area contributed by atoms with Gasteiger partial charge in [0.2, 0.25) is 11.8 Å². The molecule has 2 heterocycles. The minimum atomic E-state index is 0.210. The average molecular weight is 448 g/mol. The maximum Gasteiger partial charge on any atom is 0.222 e. The fourth-order valence-corrected chi connectivity index (χ4v) is 3.73. The molecule has 2 N–H and O–H groups in total. The summed E-state index contributed by atoms with van der Waals surface area (Å²) in [7, 11) is 1.78. The van der Waals surface area contributed by atoms with Gasteiger partial charge in [-0.15, -0.1) is 0 Å². The summed E-state index contributed by atoms with van der Waals surface area (Å²) in [6, 6.07) is 1.93. The molecule has 0 radical (unpaired) electrons. The molecule has 2 rings (SSSR count). The van der Waals surface area contributed by atoms with Crippen LogP contribution < -0.4 is 10.6 Å². The number of nitrogens with one attached hydrogen (secondary N) is 2. The molecule has 0 aromatic carbocycles. The van der Waals surface area contributed by atoms with Crippen LogP contribution in [0.4, 0.5) is 0 Å². The van der Waals surface area contributed by atoms with Gasteiger partial charge in [0, 0.05) is 78.1 Å². The number of hydrogen-bond acceptors (Lipinski definition) is 4. The first-order valence-electron chi connectivity index (χ1n) is 12.0. The van der Waals surface area contributed by atoms with E-state index in [1.807, 2.05) is 26.7 Å². The SMILES string of the molecule is CN=C(NCCCCCC(=O)N1CCN(C(=O)CC(C)C)CC1)NCCCn1cccn1. The minimum absolute atomic E-state index is 0.210. The number of unbranched alkanes of at least 4 members (excludes halogenated alkanes) is 2. The third-order valence-electron chi connectivity index (χ3n) is 5.57. The van der Waals surface area contributed by atoms with Gasteiger partial charge in [0.15, 0.2) is 5.96 Å². The minimum Gasteiger partial charge on any atom is -0.356 e. The second-order valence-electron chi connectivity index (χ2n) is 8.72. The van der Waals surface area contributed by atoms with Gasteiger partial charge in [0.05, 0.1) is 0 Å². The quantitative estimate of drug-likeness (QED) is 0.289. The number of carbonyl (C=O) groups excluding carboxylic acids is 2. The van der Waals surface area contributed by atoms with Crippen molar-refractivity contribution in [2.24, 2.45) is 10.9 Å². The summed E-state index contributed by atoms with van der Waals surface area (Å²) >= 11 is 0. The van der Waals surface area contributed by atoms with E-state index in [1.165, 1.54) is 0 Å². The highest BCUT2D eigenvalue weighted by Gasteiger charge is 2.23. The molecule has 1 aromatic heterocycles. The Morgan fingerprint density at radius 1 is 0.969 bits per heavy atom. The van der Waals surface area contributed by atoms with Gasteiger partial charge < -0.3 is 20.4 Å². The van der Waals surface area contributed by atoms with E-state index in [0.29, 0.717) is 44.9 Å². The monoisotopic (exact) mass is 447 g/mol. The lowest BCUT2D eigenvalue weighted by molar-refractivity contribution is -0.140. The Morgan fingerprint density at radius 2 is 1.62 bits per heavy atom. The molecule has 1 saturated heterocycles. The maximum atomic E-state index is 12.4. The van der Waals surface area contributed by atoms with Gasteiger partial charge in [-0.25, -0.2) is 0 Å². The molecule has 0 unspecified atom stereocenters. The van der Waals surface area contributed by atoms with E-state index in [9.17, 15) is 9.59 Å². The molecule has 32 heavy (non-hydrogen) atoms. The fourth-order valence-electron chi connectivity index (χ4n) is 3.73. The molecule has 1 aliphatic heterocycles. The summed E-state index contributed by atoms with van der Waals surface area (Å²) in [4.78, 5) is 32.6. The van der Waals surface area contributed by atoms with Crippen LogP contribution in [0.5, 0.6) is 0 Å². The van der Waals surface area contributed by atoms with Gasteiger partial charge in [-0.3, -0.25) is 19.3 Å². The highest BCUT2D eigenvalue weighted by atomic mass is 16.2. The van der Waals surface area contributed by atoms with Gasteiger partial charge in [-0.2, -0.15) is 5.10 Å². The molecule has 1 aliphatic rings. The second kappa shape index (κ2) is 14.5. The number of aromatic nitrogens is 2. The van der Waals surface area contributed by atoms with E-state index in [4.69, 9.17) is 0 Å². The summed E-state index contributed by atoms with van der Waals surface area (Å²) in [5.41, 5.74) is 0. The topological polar surface area (TPSA) is 94.9 Å². The van der Waals surface area contributed by atoms with E-state index in [1.54, 1.807) is 13.2 Å². The second-order valence-corrected chi connectivity index (χ2v) is 8.72. The van der Waals surface area contributed by atoms with Crippen LogP contribution in [0.15, 0.2) is 23.5 Å². The van der Waals surface area contributed by atoms with Crippen molar-refractivity contribution in [3.05, 3.63) is 18.5 Å². The Bertz CT molecular complexity index is 695. The van der Waals surface area contributed by atoms with Crippen LogP contribution in [0.25, 0.3) is 0 Å². The zero-order valence-electron chi connectivity index (χ0n) is 20.1. The van der Waals surface area contributed by atoms with E-state index in [0.717, 1.165) is 51.3 Å². The maximum absolute atomic E-state index is 12.4. The van der Waals surface area contributed by atoms with Gasteiger partial charge in [0.1, 0.15) is 0 Å². The zero-order valence-corrected chi connectivity index (χ0v) is 20.1.